The lowest BCUT2D eigenvalue weighted by Crippen LogP contribution is -2.20. The van der Waals surface area contributed by atoms with E-state index in [0.717, 1.165) is 11.8 Å². The summed E-state index contributed by atoms with van der Waals surface area (Å²) in [6.07, 6.45) is 5.84. The summed E-state index contributed by atoms with van der Waals surface area (Å²) in [5.74, 6) is 2.01. The lowest BCUT2D eigenvalue weighted by molar-refractivity contribution is -0.117. The van der Waals surface area contributed by atoms with Crippen molar-refractivity contribution in [2.75, 3.05) is 5.32 Å². The summed E-state index contributed by atoms with van der Waals surface area (Å²) in [6, 6.07) is 5.95. The molecule has 3 atom stereocenters. The van der Waals surface area contributed by atoms with Crippen molar-refractivity contribution in [1.82, 2.24) is 0 Å². The standard InChI is InChI=1S/C15H18FNO/c16-13-3-5-14(6-4-13)17-15(18)9-12-8-10-1-2-11(12)7-10/h3-6,10-12H,1-2,7-9H2,(H,17,18). The van der Waals surface area contributed by atoms with E-state index in [1.54, 1.807) is 12.1 Å². The van der Waals surface area contributed by atoms with Crippen molar-refractivity contribution in [3.63, 3.8) is 0 Å². The molecule has 0 radical (unpaired) electrons. The van der Waals surface area contributed by atoms with Gasteiger partial charge in [0, 0.05) is 12.1 Å². The van der Waals surface area contributed by atoms with Crippen LogP contribution < -0.4 is 5.32 Å². The monoisotopic (exact) mass is 247 g/mol. The van der Waals surface area contributed by atoms with Gasteiger partial charge in [-0.1, -0.05) is 6.42 Å². The van der Waals surface area contributed by atoms with Crippen molar-refractivity contribution < 1.29 is 9.18 Å². The van der Waals surface area contributed by atoms with Gasteiger partial charge in [-0.3, -0.25) is 4.79 Å². The van der Waals surface area contributed by atoms with Crippen LogP contribution in [0.2, 0.25) is 0 Å². The molecule has 18 heavy (non-hydrogen) atoms. The number of benzene rings is 1. The molecule has 2 nitrogen and oxygen atoms in total. The molecule has 1 aromatic carbocycles. The predicted molar refractivity (Wildman–Crippen MR) is 68.6 cm³/mol. The van der Waals surface area contributed by atoms with Crippen LogP contribution in [-0.4, -0.2) is 5.91 Å². The number of rotatable bonds is 3. The molecule has 0 aliphatic heterocycles. The van der Waals surface area contributed by atoms with Gasteiger partial charge in [0.15, 0.2) is 0 Å². The Labute approximate surface area is 107 Å². The first-order valence-electron chi connectivity index (χ1n) is 6.76. The maximum absolute atomic E-state index is 12.7. The Morgan fingerprint density at radius 3 is 2.61 bits per heavy atom. The number of carbonyl (C=O) groups excluding carboxylic acids is 1. The zero-order chi connectivity index (χ0) is 12.5. The second-order valence-electron chi connectivity index (χ2n) is 5.69. The lowest BCUT2D eigenvalue weighted by atomic mass is 9.86. The first-order chi connectivity index (χ1) is 8.70. The van der Waals surface area contributed by atoms with Gasteiger partial charge in [0.25, 0.3) is 0 Å². The molecule has 3 heteroatoms. The second-order valence-corrected chi connectivity index (χ2v) is 5.69. The second kappa shape index (κ2) is 4.71. The van der Waals surface area contributed by atoms with Gasteiger partial charge in [-0.05, 0) is 61.3 Å². The molecule has 0 heterocycles. The number of amides is 1. The Morgan fingerprint density at radius 1 is 1.22 bits per heavy atom. The summed E-state index contributed by atoms with van der Waals surface area (Å²) >= 11 is 0. The predicted octanol–water partition coefficient (Wildman–Crippen LogP) is 3.59. The highest BCUT2D eigenvalue weighted by Gasteiger charge is 2.40. The molecular weight excluding hydrogens is 229 g/mol. The molecule has 2 aliphatic rings. The smallest absolute Gasteiger partial charge is 0.224 e. The molecule has 2 saturated carbocycles. The molecule has 2 fully saturated rings. The fourth-order valence-electron chi connectivity index (χ4n) is 3.61. The van der Waals surface area contributed by atoms with Crippen LogP contribution in [0.15, 0.2) is 24.3 Å². The van der Waals surface area contributed by atoms with Crippen molar-refractivity contribution >= 4 is 11.6 Å². The van der Waals surface area contributed by atoms with Crippen LogP contribution in [0, 0.1) is 23.6 Å². The van der Waals surface area contributed by atoms with Gasteiger partial charge in [0.05, 0.1) is 0 Å². The summed E-state index contributed by atoms with van der Waals surface area (Å²) in [7, 11) is 0. The topological polar surface area (TPSA) is 29.1 Å². The zero-order valence-corrected chi connectivity index (χ0v) is 10.4. The van der Waals surface area contributed by atoms with Crippen LogP contribution in [0.4, 0.5) is 10.1 Å². The summed E-state index contributed by atoms with van der Waals surface area (Å²) in [5.41, 5.74) is 0.685. The Bertz CT molecular complexity index is 442. The summed E-state index contributed by atoms with van der Waals surface area (Å²) < 4.78 is 12.7. The largest absolute Gasteiger partial charge is 0.326 e. The molecule has 96 valence electrons. The van der Waals surface area contributed by atoms with E-state index in [0.29, 0.717) is 18.0 Å². The maximum atomic E-state index is 12.7. The van der Waals surface area contributed by atoms with E-state index in [-0.39, 0.29) is 11.7 Å². The molecule has 2 bridgehead atoms. The Hall–Kier alpha value is -1.38. The fourth-order valence-corrected chi connectivity index (χ4v) is 3.61. The summed E-state index contributed by atoms with van der Waals surface area (Å²) in [6.45, 7) is 0. The SMILES string of the molecule is O=C(CC1CC2CCC1C2)Nc1ccc(F)cc1. The summed E-state index contributed by atoms with van der Waals surface area (Å²) in [5, 5.41) is 2.85. The Balaban J connectivity index is 1.54. The van der Waals surface area contributed by atoms with E-state index in [1.807, 2.05) is 0 Å². The average molecular weight is 247 g/mol. The number of carbonyl (C=O) groups is 1. The van der Waals surface area contributed by atoms with Crippen molar-refractivity contribution in [2.24, 2.45) is 17.8 Å². The first-order valence-corrected chi connectivity index (χ1v) is 6.76. The highest BCUT2D eigenvalue weighted by Crippen LogP contribution is 2.49. The number of halogens is 1. The first kappa shape index (κ1) is 11.7. The fraction of sp³-hybridized carbons (Fsp3) is 0.533. The third kappa shape index (κ3) is 2.40. The Kier molecular flexibility index (Phi) is 3.06. The highest BCUT2D eigenvalue weighted by molar-refractivity contribution is 5.90. The van der Waals surface area contributed by atoms with E-state index in [4.69, 9.17) is 0 Å². The van der Waals surface area contributed by atoms with Crippen molar-refractivity contribution in [3.05, 3.63) is 30.1 Å². The van der Waals surface area contributed by atoms with Gasteiger partial charge < -0.3 is 5.32 Å². The molecule has 2 aliphatic carbocycles. The van der Waals surface area contributed by atoms with E-state index in [9.17, 15) is 9.18 Å². The number of nitrogens with one attached hydrogen (secondary N) is 1. The average Bonchev–Trinajstić information content (AvgIpc) is 2.94. The van der Waals surface area contributed by atoms with Gasteiger partial charge in [0.2, 0.25) is 5.91 Å². The van der Waals surface area contributed by atoms with Gasteiger partial charge in [-0.2, -0.15) is 0 Å². The molecule has 3 rings (SSSR count). The molecule has 1 N–H and O–H groups in total. The lowest BCUT2D eigenvalue weighted by Gasteiger charge is -2.20. The molecule has 1 aromatic rings. The van der Waals surface area contributed by atoms with Crippen LogP contribution in [0.1, 0.15) is 32.1 Å². The minimum absolute atomic E-state index is 0.0687. The van der Waals surface area contributed by atoms with Gasteiger partial charge in [-0.15, -0.1) is 0 Å². The molecular formula is C15H18FNO. The van der Waals surface area contributed by atoms with E-state index in [1.165, 1.54) is 37.8 Å². The Morgan fingerprint density at radius 2 is 2.00 bits per heavy atom. The van der Waals surface area contributed by atoms with Gasteiger partial charge in [-0.25, -0.2) is 4.39 Å². The van der Waals surface area contributed by atoms with Crippen molar-refractivity contribution in [2.45, 2.75) is 32.1 Å². The summed E-state index contributed by atoms with van der Waals surface area (Å²) in [4.78, 5) is 11.9. The normalized spacial score (nSPS) is 29.5. The van der Waals surface area contributed by atoms with Gasteiger partial charge >= 0.3 is 0 Å². The maximum Gasteiger partial charge on any atom is 0.224 e. The third-order valence-corrected chi connectivity index (χ3v) is 4.46. The van der Waals surface area contributed by atoms with Crippen molar-refractivity contribution in [3.8, 4) is 0 Å². The third-order valence-electron chi connectivity index (χ3n) is 4.46. The number of hydrogen-bond acceptors (Lipinski definition) is 1. The van der Waals surface area contributed by atoms with Crippen LogP contribution in [0.3, 0.4) is 0 Å². The van der Waals surface area contributed by atoms with Crippen LogP contribution in [0.25, 0.3) is 0 Å². The zero-order valence-electron chi connectivity index (χ0n) is 10.4. The number of hydrogen-bond donors (Lipinski definition) is 1. The van der Waals surface area contributed by atoms with Crippen molar-refractivity contribution in [1.29, 1.82) is 0 Å². The van der Waals surface area contributed by atoms with Crippen LogP contribution in [0.5, 0.6) is 0 Å². The molecule has 0 spiro atoms. The molecule has 3 unspecified atom stereocenters. The molecule has 1 amide bonds. The van der Waals surface area contributed by atoms with Gasteiger partial charge in [0.1, 0.15) is 5.82 Å². The minimum atomic E-state index is -0.277. The van der Waals surface area contributed by atoms with Crippen LogP contribution in [-0.2, 0) is 4.79 Å². The molecule has 0 saturated heterocycles. The van der Waals surface area contributed by atoms with E-state index >= 15 is 0 Å². The quantitative estimate of drug-likeness (QED) is 0.869. The number of fused-ring (bicyclic) bond motifs is 2. The van der Waals surface area contributed by atoms with E-state index < -0.39 is 0 Å². The van der Waals surface area contributed by atoms with Crippen LogP contribution >= 0.6 is 0 Å². The highest BCUT2D eigenvalue weighted by atomic mass is 19.1. The molecule has 0 aromatic heterocycles. The van der Waals surface area contributed by atoms with E-state index in [2.05, 4.69) is 5.32 Å². The minimum Gasteiger partial charge on any atom is -0.326 e. The number of anilines is 1.